The van der Waals surface area contributed by atoms with Crippen LogP contribution in [0.15, 0.2) is 23.1 Å². The fourth-order valence-corrected chi connectivity index (χ4v) is 4.36. The molecule has 0 saturated carbocycles. The van der Waals surface area contributed by atoms with Gasteiger partial charge in [-0.3, -0.25) is 0 Å². The van der Waals surface area contributed by atoms with E-state index in [2.05, 4.69) is 0 Å². The van der Waals surface area contributed by atoms with Crippen LogP contribution in [0.5, 0.6) is 0 Å². The number of hydrogen-bond acceptors (Lipinski definition) is 4. The highest BCUT2D eigenvalue weighted by Gasteiger charge is 2.36. The van der Waals surface area contributed by atoms with Gasteiger partial charge in [-0.25, -0.2) is 8.42 Å². The Kier molecular flexibility index (Phi) is 5.22. The summed E-state index contributed by atoms with van der Waals surface area (Å²) in [5, 5.41) is 8.92. The van der Waals surface area contributed by atoms with Crippen LogP contribution in [0.1, 0.15) is 30.9 Å². The molecule has 1 aliphatic rings. The molecule has 1 saturated heterocycles. The van der Waals surface area contributed by atoms with Crippen molar-refractivity contribution < 1.29 is 21.6 Å². The van der Waals surface area contributed by atoms with Crippen molar-refractivity contribution in [2.75, 3.05) is 13.1 Å². The maximum atomic E-state index is 12.8. The van der Waals surface area contributed by atoms with Crippen LogP contribution in [-0.4, -0.2) is 31.9 Å². The van der Waals surface area contributed by atoms with E-state index < -0.39 is 27.3 Å². The molecule has 2 unspecified atom stereocenters. The lowest BCUT2D eigenvalue weighted by Gasteiger charge is -2.33. The van der Waals surface area contributed by atoms with Crippen molar-refractivity contribution in [2.24, 2.45) is 11.7 Å². The molecular formula is C15H18F3N3O2S. The normalized spacial score (nSPS) is 21.2. The van der Waals surface area contributed by atoms with Gasteiger partial charge in [0.05, 0.1) is 22.1 Å². The Hall–Kier alpha value is -1.63. The van der Waals surface area contributed by atoms with Crippen molar-refractivity contribution in [3.05, 3.63) is 29.3 Å². The SMILES string of the molecule is CC(N)C1CCCN(S(=O)(=O)c2ccc(C(F)(F)F)c(C#N)c2)C1. The van der Waals surface area contributed by atoms with E-state index in [-0.39, 0.29) is 29.9 Å². The zero-order valence-corrected chi connectivity index (χ0v) is 13.9. The van der Waals surface area contributed by atoms with E-state index in [1.807, 2.05) is 0 Å². The lowest BCUT2D eigenvalue weighted by Crippen LogP contribution is -2.44. The first-order chi connectivity index (χ1) is 11.1. The number of benzene rings is 1. The fraction of sp³-hybridized carbons (Fsp3) is 0.533. The Morgan fingerprint density at radius 2 is 2.08 bits per heavy atom. The summed E-state index contributed by atoms with van der Waals surface area (Å²) in [6.07, 6.45) is -3.27. The third-order valence-corrected chi connectivity index (χ3v) is 6.08. The molecule has 2 rings (SSSR count). The molecule has 0 aromatic heterocycles. The molecule has 2 atom stereocenters. The first-order valence-electron chi connectivity index (χ1n) is 7.44. The number of rotatable bonds is 3. The fourth-order valence-electron chi connectivity index (χ4n) is 2.79. The lowest BCUT2D eigenvalue weighted by atomic mass is 9.93. The van der Waals surface area contributed by atoms with Crippen LogP contribution in [0.4, 0.5) is 13.2 Å². The van der Waals surface area contributed by atoms with Gasteiger partial charge >= 0.3 is 6.18 Å². The van der Waals surface area contributed by atoms with Crippen molar-refractivity contribution in [1.82, 2.24) is 4.31 Å². The molecule has 9 heteroatoms. The highest BCUT2D eigenvalue weighted by atomic mass is 32.2. The minimum atomic E-state index is -4.71. The number of halogens is 3. The Labute approximate surface area is 138 Å². The van der Waals surface area contributed by atoms with Gasteiger partial charge in [0.15, 0.2) is 0 Å². The second kappa shape index (κ2) is 6.70. The molecule has 24 heavy (non-hydrogen) atoms. The van der Waals surface area contributed by atoms with Crippen molar-refractivity contribution in [3.8, 4) is 6.07 Å². The summed E-state index contributed by atoms with van der Waals surface area (Å²) in [6, 6.07) is 3.57. The largest absolute Gasteiger partial charge is 0.417 e. The average Bonchev–Trinajstić information content (AvgIpc) is 2.53. The maximum Gasteiger partial charge on any atom is 0.417 e. The molecule has 1 aromatic rings. The van der Waals surface area contributed by atoms with Gasteiger partial charge in [-0.1, -0.05) is 0 Å². The van der Waals surface area contributed by atoms with Crippen LogP contribution in [0, 0.1) is 17.2 Å². The van der Waals surface area contributed by atoms with E-state index in [0.717, 1.165) is 18.6 Å². The molecule has 2 N–H and O–H groups in total. The van der Waals surface area contributed by atoms with Gasteiger partial charge in [0.2, 0.25) is 10.0 Å². The number of nitrogens with zero attached hydrogens (tertiary/aromatic N) is 2. The van der Waals surface area contributed by atoms with Crippen molar-refractivity contribution in [3.63, 3.8) is 0 Å². The standard InChI is InChI=1S/C15H18F3N3O2S/c1-10(20)11-3-2-6-21(9-11)24(22,23)13-4-5-14(15(16,17)18)12(7-13)8-19/h4-5,7,10-11H,2-3,6,9,20H2,1H3. The molecule has 1 heterocycles. The predicted octanol–water partition coefficient (Wildman–Crippen LogP) is 2.32. The molecule has 0 aliphatic carbocycles. The zero-order chi connectivity index (χ0) is 18.1. The first-order valence-corrected chi connectivity index (χ1v) is 8.88. The van der Waals surface area contributed by atoms with Crippen molar-refractivity contribution in [1.29, 1.82) is 5.26 Å². The molecule has 1 aromatic carbocycles. The van der Waals surface area contributed by atoms with Gasteiger partial charge < -0.3 is 5.73 Å². The van der Waals surface area contributed by atoms with Crippen LogP contribution in [0.2, 0.25) is 0 Å². The first kappa shape index (κ1) is 18.7. The smallest absolute Gasteiger partial charge is 0.328 e. The third kappa shape index (κ3) is 3.71. The van der Waals surface area contributed by atoms with Gasteiger partial charge in [0.1, 0.15) is 0 Å². The van der Waals surface area contributed by atoms with Gasteiger partial charge in [-0.15, -0.1) is 0 Å². The summed E-state index contributed by atoms with van der Waals surface area (Å²) < 4.78 is 65.1. The van der Waals surface area contributed by atoms with Crippen molar-refractivity contribution in [2.45, 2.75) is 36.9 Å². The summed E-state index contributed by atoms with van der Waals surface area (Å²) >= 11 is 0. The molecule has 1 aliphatic heterocycles. The van der Waals surface area contributed by atoms with Crippen LogP contribution in [-0.2, 0) is 16.2 Å². The second-order valence-corrected chi connectivity index (χ2v) is 7.88. The zero-order valence-electron chi connectivity index (χ0n) is 13.0. The van der Waals surface area contributed by atoms with Crippen LogP contribution in [0.25, 0.3) is 0 Å². The summed E-state index contributed by atoms with van der Waals surface area (Å²) in [6.45, 7) is 2.31. The van der Waals surface area contributed by atoms with Crippen LogP contribution >= 0.6 is 0 Å². The Morgan fingerprint density at radius 1 is 1.42 bits per heavy atom. The van der Waals surface area contributed by atoms with E-state index in [1.54, 1.807) is 6.92 Å². The Morgan fingerprint density at radius 3 is 2.62 bits per heavy atom. The van der Waals surface area contributed by atoms with Gasteiger partial charge in [0, 0.05) is 19.1 Å². The summed E-state index contributed by atoms with van der Waals surface area (Å²) in [7, 11) is -3.96. The monoisotopic (exact) mass is 361 g/mol. The van der Waals surface area contributed by atoms with Gasteiger partial charge in [-0.05, 0) is 43.9 Å². The quantitative estimate of drug-likeness (QED) is 0.895. The molecular weight excluding hydrogens is 343 g/mol. The number of hydrogen-bond donors (Lipinski definition) is 1. The van der Waals surface area contributed by atoms with E-state index in [1.165, 1.54) is 10.4 Å². The Balaban J connectivity index is 2.38. The molecule has 0 radical (unpaired) electrons. The molecule has 1 fully saturated rings. The molecule has 0 bridgehead atoms. The number of nitrogens with two attached hydrogens (primary N) is 1. The van der Waals surface area contributed by atoms with E-state index in [0.29, 0.717) is 12.5 Å². The summed E-state index contributed by atoms with van der Waals surface area (Å²) in [4.78, 5) is -0.308. The summed E-state index contributed by atoms with van der Waals surface area (Å²) in [5.41, 5.74) is 3.99. The third-order valence-electron chi connectivity index (χ3n) is 4.22. The Bertz CT molecular complexity index is 754. The van der Waals surface area contributed by atoms with Crippen LogP contribution in [0.3, 0.4) is 0 Å². The molecule has 0 spiro atoms. The highest BCUT2D eigenvalue weighted by molar-refractivity contribution is 7.89. The number of piperidine rings is 1. The van der Waals surface area contributed by atoms with E-state index >= 15 is 0 Å². The van der Waals surface area contributed by atoms with E-state index in [4.69, 9.17) is 11.0 Å². The van der Waals surface area contributed by atoms with Crippen molar-refractivity contribution >= 4 is 10.0 Å². The summed E-state index contributed by atoms with van der Waals surface area (Å²) in [5.74, 6) is -0.00147. The topological polar surface area (TPSA) is 87.2 Å². The number of alkyl halides is 3. The molecule has 132 valence electrons. The minimum Gasteiger partial charge on any atom is -0.328 e. The average molecular weight is 361 g/mol. The molecule has 0 amide bonds. The van der Waals surface area contributed by atoms with Crippen LogP contribution < -0.4 is 5.73 Å². The second-order valence-electron chi connectivity index (χ2n) is 5.94. The van der Waals surface area contributed by atoms with Gasteiger partial charge in [0.25, 0.3) is 0 Å². The number of nitriles is 1. The van der Waals surface area contributed by atoms with E-state index in [9.17, 15) is 21.6 Å². The lowest BCUT2D eigenvalue weighted by molar-refractivity contribution is -0.137. The highest BCUT2D eigenvalue weighted by Crippen LogP contribution is 2.34. The van der Waals surface area contributed by atoms with Gasteiger partial charge in [-0.2, -0.15) is 22.7 Å². The minimum absolute atomic E-state index is 0.00147. The molecule has 5 nitrogen and oxygen atoms in total. The number of sulfonamides is 1. The maximum absolute atomic E-state index is 12.8. The predicted molar refractivity (Wildman–Crippen MR) is 81.3 cm³/mol.